The molecule has 0 radical (unpaired) electrons. The third-order valence-corrected chi connectivity index (χ3v) is 3.15. The number of hydrogen-bond acceptors (Lipinski definition) is 4. The normalized spacial score (nSPS) is 12.7. The first-order valence-corrected chi connectivity index (χ1v) is 7.90. The summed E-state index contributed by atoms with van der Waals surface area (Å²) in [6.45, 7) is 0.476. The van der Waals surface area contributed by atoms with Crippen LogP contribution in [-0.2, 0) is 19.1 Å². The molecule has 0 amide bonds. The molecule has 0 aliphatic rings. The fourth-order valence-corrected chi connectivity index (χ4v) is 2.22. The van der Waals surface area contributed by atoms with E-state index in [1.165, 1.54) is 0 Å². The van der Waals surface area contributed by atoms with Crippen molar-refractivity contribution in [3.8, 4) is 0 Å². The van der Waals surface area contributed by atoms with E-state index in [1.807, 2.05) is 21.1 Å². The highest BCUT2D eigenvalue weighted by Crippen LogP contribution is 2.10. The van der Waals surface area contributed by atoms with Gasteiger partial charge >= 0.3 is 11.9 Å². The Morgan fingerprint density at radius 3 is 2.23 bits per heavy atom. The van der Waals surface area contributed by atoms with Crippen LogP contribution in [0.15, 0.2) is 0 Å². The molecule has 0 rings (SSSR count). The molecule has 0 saturated carbocycles. The molecule has 22 heavy (non-hydrogen) atoms. The molecular formula is C16H30NO5+. The Balaban J connectivity index is 3.96. The number of carbonyl (C=O) groups excluding carboxylic acids is 2. The second-order valence-electron chi connectivity index (χ2n) is 6.66. The van der Waals surface area contributed by atoms with Crippen molar-refractivity contribution in [2.75, 3.05) is 27.7 Å². The topological polar surface area (TPSA) is 80.7 Å². The van der Waals surface area contributed by atoms with Crippen molar-refractivity contribution in [3.05, 3.63) is 0 Å². The number of carboxylic acids is 1. The lowest BCUT2D eigenvalue weighted by Crippen LogP contribution is -2.43. The molecule has 0 aliphatic carbocycles. The van der Waals surface area contributed by atoms with Crippen LogP contribution in [0.2, 0.25) is 0 Å². The zero-order valence-corrected chi connectivity index (χ0v) is 14.0. The minimum absolute atomic E-state index is 0.160. The number of nitrogens with zero attached hydrogens (tertiary/aromatic N) is 1. The smallest absolute Gasteiger partial charge is 0.307 e. The lowest BCUT2D eigenvalue weighted by Gasteiger charge is -2.28. The van der Waals surface area contributed by atoms with E-state index < -0.39 is 12.1 Å². The van der Waals surface area contributed by atoms with Gasteiger partial charge in [-0.05, 0) is 12.8 Å². The number of aliphatic carboxylic acids is 1. The lowest BCUT2D eigenvalue weighted by atomic mass is 10.1. The van der Waals surface area contributed by atoms with Crippen LogP contribution in [0.3, 0.4) is 0 Å². The van der Waals surface area contributed by atoms with Crippen molar-refractivity contribution in [2.45, 2.75) is 57.5 Å². The number of likely N-dealkylation sites (N-methyl/N-ethyl adjacent to an activating group) is 1. The SMILES string of the molecule is C[N+](C)(C)CC(CC(=O)O)OC(=O)CCCCCCCC=O. The van der Waals surface area contributed by atoms with Gasteiger partial charge in [-0.1, -0.05) is 19.3 Å². The molecule has 0 heterocycles. The van der Waals surface area contributed by atoms with Gasteiger partial charge in [-0.25, -0.2) is 0 Å². The third-order valence-electron chi connectivity index (χ3n) is 3.15. The highest BCUT2D eigenvalue weighted by atomic mass is 16.5. The second-order valence-corrected chi connectivity index (χ2v) is 6.66. The van der Waals surface area contributed by atoms with Gasteiger partial charge < -0.3 is 19.1 Å². The number of hydrogen-bond donors (Lipinski definition) is 1. The van der Waals surface area contributed by atoms with Crippen LogP contribution in [0.4, 0.5) is 0 Å². The summed E-state index contributed by atoms with van der Waals surface area (Å²) in [6.07, 6.45) is 5.66. The molecule has 0 aromatic heterocycles. The molecule has 0 spiro atoms. The lowest BCUT2D eigenvalue weighted by molar-refractivity contribution is -0.873. The van der Waals surface area contributed by atoms with Gasteiger partial charge in [-0.2, -0.15) is 0 Å². The summed E-state index contributed by atoms with van der Waals surface area (Å²) in [7, 11) is 5.80. The number of ether oxygens (including phenoxy) is 1. The van der Waals surface area contributed by atoms with Gasteiger partial charge in [0.15, 0.2) is 6.10 Å². The predicted molar refractivity (Wildman–Crippen MR) is 83.4 cm³/mol. The molecule has 0 fully saturated rings. The molecule has 0 aliphatic heterocycles. The summed E-state index contributed by atoms with van der Waals surface area (Å²) < 4.78 is 5.84. The van der Waals surface area contributed by atoms with Gasteiger partial charge in [0.05, 0.1) is 27.6 Å². The van der Waals surface area contributed by atoms with Crippen LogP contribution < -0.4 is 0 Å². The Morgan fingerprint density at radius 2 is 1.68 bits per heavy atom. The maximum Gasteiger partial charge on any atom is 0.307 e. The Labute approximate surface area is 133 Å². The molecule has 0 aromatic carbocycles. The van der Waals surface area contributed by atoms with Gasteiger partial charge in [-0.15, -0.1) is 0 Å². The van der Waals surface area contributed by atoms with Gasteiger partial charge in [-0.3, -0.25) is 9.59 Å². The fraction of sp³-hybridized carbons (Fsp3) is 0.812. The fourth-order valence-electron chi connectivity index (χ4n) is 2.22. The zero-order valence-electron chi connectivity index (χ0n) is 14.0. The Morgan fingerprint density at radius 1 is 1.09 bits per heavy atom. The Hall–Kier alpha value is -1.43. The molecular weight excluding hydrogens is 286 g/mol. The molecule has 1 unspecified atom stereocenters. The van der Waals surface area contributed by atoms with Crippen molar-refractivity contribution >= 4 is 18.2 Å². The van der Waals surface area contributed by atoms with Gasteiger partial charge in [0.1, 0.15) is 12.8 Å². The van der Waals surface area contributed by atoms with Crippen LogP contribution in [0.25, 0.3) is 0 Å². The Kier molecular flexibility index (Phi) is 10.5. The van der Waals surface area contributed by atoms with E-state index in [4.69, 9.17) is 9.84 Å². The Bertz CT molecular complexity index is 349. The summed E-state index contributed by atoms with van der Waals surface area (Å²) in [5, 5.41) is 8.89. The number of unbranched alkanes of at least 4 members (excludes halogenated alkanes) is 5. The maximum atomic E-state index is 11.8. The summed E-state index contributed by atoms with van der Waals surface area (Å²) in [6, 6.07) is 0. The minimum Gasteiger partial charge on any atom is -0.481 e. The van der Waals surface area contributed by atoms with Crippen LogP contribution in [0.5, 0.6) is 0 Å². The molecule has 6 heteroatoms. The molecule has 1 atom stereocenters. The summed E-state index contributed by atoms with van der Waals surface area (Å²) in [5.41, 5.74) is 0. The molecule has 0 aromatic rings. The highest BCUT2D eigenvalue weighted by molar-refractivity contribution is 5.71. The quantitative estimate of drug-likeness (QED) is 0.243. The van der Waals surface area contributed by atoms with Gasteiger partial charge in [0.2, 0.25) is 0 Å². The molecule has 1 N–H and O–H groups in total. The largest absolute Gasteiger partial charge is 0.481 e. The molecule has 0 saturated heterocycles. The average molecular weight is 316 g/mol. The standard InChI is InChI=1S/C16H29NO5/c1-17(2,3)13-14(12-15(19)20)22-16(21)10-8-6-4-5-7-9-11-18/h11,14H,4-10,12-13H2,1-3H3/p+1. The first kappa shape index (κ1) is 20.6. The number of aldehydes is 1. The number of carbonyl (C=O) groups is 3. The minimum atomic E-state index is -0.957. The van der Waals surface area contributed by atoms with Crippen LogP contribution >= 0.6 is 0 Å². The van der Waals surface area contributed by atoms with Crippen molar-refractivity contribution in [1.29, 1.82) is 0 Å². The van der Waals surface area contributed by atoms with E-state index in [1.54, 1.807) is 0 Å². The van der Waals surface area contributed by atoms with E-state index in [0.717, 1.165) is 38.4 Å². The first-order chi connectivity index (χ1) is 10.2. The summed E-state index contributed by atoms with van der Waals surface area (Å²) >= 11 is 0. The van der Waals surface area contributed by atoms with Gasteiger partial charge in [0, 0.05) is 12.8 Å². The predicted octanol–water partition coefficient (Wildman–Crippen LogP) is 2.01. The van der Waals surface area contributed by atoms with E-state index >= 15 is 0 Å². The molecule has 0 bridgehead atoms. The van der Waals surface area contributed by atoms with Crippen LogP contribution in [0.1, 0.15) is 51.4 Å². The second kappa shape index (κ2) is 11.2. The van der Waals surface area contributed by atoms with Crippen LogP contribution in [0, 0.1) is 0 Å². The van der Waals surface area contributed by atoms with Crippen molar-refractivity contribution in [2.24, 2.45) is 0 Å². The van der Waals surface area contributed by atoms with E-state index in [-0.39, 0.29) is 12.4 Å². The first-order valence-electron chi connectivity index (χ1n) is 7.90. The van der Waals surface area contributed by atoms with E-state index in [9.17, 15) is 14.4 Å². The summed E-state index contributed by atoms with van der Waals surface area (Å²) in [5.74, 6) is -1.28. The zero-order chi connectivity index (χ0) is 17.0. The van der Waals surface area contributed by atoms with Crippen molar-refractivity contribution < 1.29 is 28.7 Å². The number of carboxylic acid groups (broad SMARTS) is 1. The number of quaternary nitrogens is 1. The monoisotopic (exact) mass is 316 g/mol. The summed E-state index contributed by atoms with van der Waals surface area (Å²) in [4.78, 5) is 32.8. The van der Waals surface area contributed by atoms with Crippen molar-refractivity contribution in [3.63, 3.8) is 0 Å². The van der Waals surface area contributed by atoms with E-state index in [0.29, 0.717) is 23.9 Å². The number of esters is 1. The van der Waals surface area contributed by atoms with Crippen molar-refractivity contribution in [1.82, 2.24) is 0 Å². The number of rotatable bonds is 13. The average Bonchev–Trinajstić information content (AvgIpc) is 2.34. The molecule has 6 nitrogen and oxygen atoms in total. The molecule has 128 valence electrons. The highest BCUT2D eigenvalue weighted by Gasteiger charge is 2.24. The van der Waals surface area contributed by atoms with E-state index in [2.05, 4.69) is 0 Å². The van der Waals surface area contributed by atoms with Gasteiger partial charge in [0.25, 0.3) is 0 Å². The van der Waals surface area contributed by atoms with Crippen LogP contribution in [-0.4, -0.2) is 61.6 Å². The maximum absolute atomic E-state index is 11.8. The third kappa shape index (κ3) is 13.5.